The summed E-state index contributed by atoms with van der Waals surface area (Å²) in [4.78, 5) is 90.0. The van der Waals surface area contributed by atoms with Crippen molar-refractivity contribution in [3.05, 3.63) is 112 Å². The fraction of sp³-hybridized carbons (Fsp3) is 0.377. The summed E-state index contributed by atoms with van der Waals surface area (Å²) >= 11 is 0. The van der Waals surface area contributed by atoms with Gasteiger partial charge in [0.25, 0.3) is 0 Å². The molecule has 0 bridgehead atoms. The fourth-order valence-electron chi connectivity index (χ4n) is 8.37. The van der Waals surface area contributed by atoms with Gasteiger partial charge in [-0.05, 0) is 62.7 Å². The molecule has 1 aromatic heterocycles. The summed E-state index contributed by atoms with van der Waals surface area (Å²) in [6.45, 7) is 11.3. The maximum atomic E-state index is 15.5. The van der Waals surface area contributed by atoms with E-state index in [2.05, 4.69) is 0 Å². The SMILES string of the molecule is CC(=O)OC1C(OC(C)=O)[C@@H](OC(C)=O)C(C)O[C@H]1Oc1cc(OS(=O)(=O)c2ccc(C)cc2)c2c(=O)c(O[C@@H]3OC(C)[C@H](OC(C)=O)C(OC(C)=O)C3OC(C)=O)c(-c3ccc(OCc4ccccc4)cc3)oc2c1. The van der Waals surface area contributed by atoms with Crippen molar-refractivity contribution in [2.24, 2.45) is 0 Å². The summed E-state index contributed by atoms with van der Waals surface area (Å²) in [6, 6.07) is 23.2. The molecule has 0 radical (unpaired) electrons. The predicted molar refractivity (Wildman–Crippen MR) is 261 cm³/mol. The first-order chi connectivity index (χ1) is 36.0. The van der Waals surface area contributed by atoms with E-state index < -0.39 is 135 Å². The first-order valence-corrected chi connectivity index (χ1v) is 25.0. The lowest BCUT2D eigenvalue weighted by Crippen LogP contribution is -2.62. The van der Waals surface area contributed by atoms with Gasteiger partial charge in [0, 0.05) is 59.2 Å². The Labute approximate surface area is 435 Å². The number of aryl methyl sites for hydroxylation is 1. The molecule has 5 aromatic rings. The third-order valence-corrected chi connectivity index (χ3v) is 12.8. The highest BCUT2D eigenvalue weighted by Gasteiger charge is 2.53. The molecule has 6 unspecified atom stereocenters. The second kappa shape index (κ2) is 23.7. The Morgan fingerprint density at radius 1 is 0.553 bits per heavy atom. The number of carbonyl (C=O) groups excluding carboxylic acids is 6. The zero-order chi connectivity index (χ0) is 55.2. The van der Waals surface area contributed by atoms with Crippen LogP contribution in [0.1, 0.15) is 66.5 Å². The number of ether oxygens (including phenoxy) is 11. The molecule has 0 saturated carbocycles. The lowest BCUT2D eigenvalue weighted by atomic mass is 9.98. The van der Waals surface area contributed by atoms with Crippen LogP contribution in [0.5, 0.6) is 23.0 Å². The minimum absolute atomic E-state index is 0.143. The zero-order valence-corrected chi connectivity index (χ0v) is 43.3. The Kier molecular flexibility index (Phi) is 17.4. The standard InChI is InChI=1S/C53H54O22S/c1-26-15-21-39(22-16-26)76(61,62)75-41-24-38(72-52-50(70-33(8)58)48(68-31(6)56)44(27(2)64-52)66-29(4)54)23-40-42(41)43(60)47(46(73-40)36-17-19-37(20-18-36)63-25-35-13-11-10-12-14-35)74-53-51(71-34(9)59)49(69-32(7)57)45(28(3)65-53)67-30(5)55/h10-24,27-28,44-45,48-53H,25H2,1-9H3/t27?,28?,44-,45-,48?,49?,50?,51?,52-,53-/m0/s1. The summed E-state index contributed by atoms with van der Waals surface area (Å²) in [6.07, 6.45) is -14.9. The molecule has 10 atom stereocenters. The van der Waals surface area contributed by atoms with Crippen LogP contribution in [0, 0.1) is 6.92 Å². The highest BCUT2D eigenvalue weighted by molar-refractivity contribution is 7.87. The van der Waals surface area contributed by atoms with E-state index in [-0.39, 0.29) is 28.6 Å². The third kappa shape index (κ3) is 13.4. The van der Waals surface area contributed by atoms with Gasteiger partial charge in [0.05, 0.1) is 12.2 Å². The summed E-state index contributed by atoms with van der Waals surface area (Å²) in [5.74, 6) is -6.82. The second-order valence-electron chi connectivity index (χ2n) is 17.6. The van der Waals surface area contributed by atoms with Crippen molar-refractivity contribution in [1.82, 2.24) is 0 Å². The zero-order valence-electron chi connectivity index (χ0n) is 42.5. The van der Waals surface area contributed by atoms with E-state index in [9.17, 15) is 37.2 Å². The first-order valence-electron chi connectivity index (χ1n) is 23.6. The van der Waals surface area contributed by atoms with Crippen LogP contribution in [0.4, 0.5) is 0 Å². The number of hydrogen-bond donors (Lipinski definition) is 0. The maximum Gasteiger partial charge on any atom is 0.339 e. The van der Waals surface area contributed by atoms with Crippen LogP contribution < -0.4 is 23.8 Å². The van der Waals surface area contributed by atoms with Gasteiger partial charge in [-0.1, -0.05) is 48.0 Å². The minimum Gasteiger partial charge on any atom is -0.489 e. The molecule has 4 aromatic carbocycles. The van der Waals surface area contributed by atoms with E-state index in [0.717, 1.165) is 59.2 Å². The quantitative estimate of drug-likeness (QED) is 0.0590. The van der Waals surface area contributed by atoms with Gasteiger partial charge in [0.15, 0.2) is 35.9 Å². The lowest BCUT2D eigenvalue weighted by Gasteiger charge is -2.43. The Balaban J connectivity index is 1.44. The topological polar surface area (TPSA) is 278 Å². The van der Waals surface area contributed by atoms with Crippen molar-refractivity contribution < 1.29 is 97.9 Å². The molecule has 7 rings (SSSR count). The molecule has 404 valence electrons. The molecule has 0 aliphatic carbocycles. The van der Waals surface area contributed by atoms with Crippen molar-refractivity contribution in [3.8, 4) is 34.3 Å². The van der Waals surface area contributed by atoms with Crippen LogP contribution >= 0.6 is 0 Å². The molecule has 2 saturated heterocycles. The van der Waals surface area contributed by atoms with Crippen LogP contribution in [0.3, 0.4) is 0 Å². The van der Waals surface area contributed by atoms with Crippen molar-refractivity contribution in [2.45, 2.75) is 135 Å². The van der Waals surface area contributed by atoms with Gasteiger partial charge >= 0.3 is 45.9 Å². The van der Waals surface area contributed by atoms with Crippen LogP contribution in [0.25, 0.3) is 22.3 Å². The molecule has 2 fully saturated rings. The minimum atomic E-state index is -4.83. The Hall–Kier alpha value is -8.02. The fourth-order valence-corrected chi connectivity index (χ4v) is 9.30. The van der Waals surface area contributed by atoms with Gasteiger partial charge in [-0.2, -0.15) is 8.42 Å². The summed E-state index contributed by atoms with van der Waals surface area (Å²) in [7, 11) is -4.83. The number of rotatable bonds is 17. The average molecular weight is 1080 g/mol. The molecule has 3 heterocycles. The number of carbonyl (C=O) groups is 6. The van der Waals surface area contributed by atoms with Gasteiger partial charge in [-0.3, -0.25) is 33.6 Å². The van der Waals surface area contributed by atoms with Crippen LogP contribution in [-0.4, -0.2) is 106 Å². The predicted octanol–water partition coefficient (Wildman–Crippen LogP) is 5.95. The Morgan fingerprint density at radius 2 is 1.03 bits per heavy atom. The Morgan fingerprint density at radius 3 is 1.53 bits per heavy atom. The third-order valence-electron chi connectivity index (χ3n) is 11.5. The van der Waals surface area contributed by atoms with Gasteiger partial charge < -0.3 is 60.7 Å². The molecule has 2 aliphatic heterocycles. The molecule has 0 amide bonds. The molecule has 0 N–H and O–H groups in total. The molecule has 2 aliphatic rings. The lowest BCUT2D eigenvalue weighted by molar-refractivity contribution is -0.280. The van der Waals surface area contributed by atoms with Gasteiger partial charge in [0.1, 0.15) is 34.0 Å². The van der Waals surface area contributed by atoms with E-state index in [0.29, 0.717) is 11.3 Å². The van der Waals surface area contributed by atoms with E-state index in [1.807, 2.05) is 30.3 Å². The summed E-state index contributed by atoms with van der Waals surface area (Å²) in [5.41, 5.74) is 0.203. The average Bonchev–Trinajstić information content (AvgIpc) is 3.37. The second-order valence-corrected chi connectivity index (χ2v) is 19.2. The van der Waals surface area contributed by atoms with Crippen molar-refractivity contribution in [3.63, 3.8) is 0 Å². The smallest absolute Gasteiger partial charge is 0.339 e. The first kappa shape index (κ1) is 55.7. The maximum absolute atomic E-state index is 15.5. The molecular formula is C53H54O22S. The van der Waals surface area contributed by atoms with E-state index in [1.165, 1.54) is 50.2 Å². The van der Waals surface area contributed by atoms with Crippen molar-refractivity contribution in [1.29, 1.82) is 0 Å². The van der Waals surface area contributed by atoms with Crippen molar-refractivity contribution >= 4 is 56.9 Å². The number of fused-ring (bicyclic) bond motifs is 1. The van der Waals surface area contributed by atoms with Crippen LogP contribution in [-0.2, 0) is 83.4 Å². The monoisotopic (exact) mass is 1070 g/mol. The molecule has 76 heavy (non-hydrogen) atoms. The van der Waals surface area contributed by atoms with Gasteiger partial charge in [-0.15, -0.1) is 0 Å². The molecule has 22 nitrogen and oxygen atoms in total. The van der Waals surface area contributed by atoms with Gasteiger partial charge in [-0.25, -0.2) is 0 Å². The highest BCUT2D eigenvalue weighted by atomic mass is 32.2. The number of benzene rings is 4. The van der Waals surface area contributed by atoms with E-state index in [1.54, 1.807) is 19.1 Å². The Bertz CT molecular complexity index is 3140. The largest absolute Gasteiger partial charge is 0.489 e. The summed E-state index contributed by atoms with van der Waals surface area (Å²) in [5, 5.41) is -0.575. The molecule has 23 heteroatoms. The van der Waals surface area contributed by atoms with Crippen LogP contribution in [0.15, 0.2) is 105 Å². The number of hydrogen-bond acceptors (Lipinski definition) is 22. The van der Waals surface area contributed by atoms with Crippen LogP contribution in [0.2, 0.25) is 0 Å². The van der Waals surface area contributed by atoms with Crippen molar-refractivity contribution in [2.75, 3.05) is 0 Å². The highest BCUT2D eigenvalue weighted by Crippen LogP contribution is 2.41. The van der Waals surface area contributed by atoms with E-state index >= 15 is 4.79 Å². The molecular weight excluding hydrogens is 1020 g/mol. The summed E-state index contributed by atoms with van der Waals surface area (Å²) < 4.78 is 105. The number of esters is 6. The van der Waals surface area contributed by atoms with E-state index in [4.69, 9.17) is 60.7 Å². The van der Waals surface area contributed by atoms with Gasteiger partial charge in [0.2, 0.25) is 36.0 Å². The molecule has 0 spiro atoms. The normalized spacial score (nSPS) is 23.2.